The molecule has 0 spiro atoms. The third-order valence-electron chi connectivity index (χ3n) is 5.72. The Morgan fingerprint density at radius 2 is 1.71 bits per heavy atom. The van der Waals surface area contributed by atoms with Crippen LogP contribution in [0.4, 0.5) is 5.69 Å². The van der Waals surface area contributed by atoms with Crippen LogP contribution in [0.5, 0.6) is 11.5 Å². The Kier molecular flexibility index (Phi) is 6.41. The Bertz CT molecular complexity index is 1260. The monoisotopic (exact) mass is 457 g/mol. The third-order valence-corrected chi connectivity index (χ3v) is 5.72. The van der Waals surface area contributed by atoms with Crippen molar-refractivity contribution in [3.63, 3.8) is 0 Å². The minimum atomic E-state index is -0.898. The van der Waals surface area contributed by atoms with Gasteiger partial charge in [0.1, 0.15) is 17.3 Å². The number of amides is 1. The number of ether oxygens (including phenoxy) is 1. The maximum Gasteiger partial charge on any atom is 0.300 e. The number of Topliss-reactive ketones (excluding diaryl/α,β-unsaturated/α-hetero) is 1. The lowest BCUT2D eigenvalue weighted by Gasteiger charge is -2.26. The lowest BCUT2D eigenvalue weighted by Crippen LogP contribution is -2.30. The molecular formula is C28H27NO5. The summed E-state index contributed by atoms with van der Waals surface area (Å²) in [5, 5.41) is 21.3. The summed E-state index contributed by atoms with van der Waals surface area (Å²) in [4.78, 5) is 27.8. The molecule has 0 bridgehead atoms. The van der Waals surface area contributed by atoms with Crippen LogP contribution in [0.2, 0.25) is 0 Å². The number of ketones is 1. The number of phenolic OH excluding ortho intramolecular Hbond substituents is 1. The van der Waals surface area contributed by atoms with Crippen molar-refractivity contribution in [2.24, 2.45) is 5.92 Å². The first-order chi connectivity index (χ1) is 16.3. The number of aryl methyl sites for hydroxylation is 1. The fraction of sp³-hybridized carbons (Fsp3) is 0.214. The molecule has 1 heterocycles. The number of aromatic hydroxyl groups is 1. The topological polar surface area (TPSA) is 87.1 Å². The van der Waals surface area contributed by atoms with E-state index >= 15 is 0 Å². The normalized spacial score (nSPS) is 17.4. The van der Waals surface area contributed by atoms with E-state index in [-0.39, 0.29) is 17.1 Å². The molecular weight excluding hydrogens is 430 g/mol. The van der Waals surface area contributed by atoms with Crippen LogP contribution in [-0.4, -0.2) is 28.5 Å². The highest BCUT2D eigenvalue weighted by molar-refractivity contribution is 6.51. The Morgan fingerprint density at radius 1 is 1.00 bits per heavy atom. The highest BCUT2D eigenvalue weighted by atomic mass is 16.5. The average molecular weight is 458 g/mol. The summed E-state index contributed by atoms with van der Waals surface area (Å²) in [6.45, 7) is 6.51. The largest absolute Gasteiger partial charge is 0.508 e. The van der Waals surface area contributed by atoms with E-state index in [1.165, 1.54) is 17.0 Å². The van der Waals surface area contributed by atoms with Gasteiger partial charge in [0.25, 0.3) is 11.7 Å². The van der Waals surface area contributed by atoms with E-state index < -0.39 is 17.7 Å². The summed E-state index contributed by atoms with van der Waals surface area (Å²) in [6, 6.07) is 19.5. The predicted octanol–water partition coefficient (Wildman–Crippen LogP) is 5.36. The summed E-state index contributed by atoms with van der Waals surface area (Å²) in [6.07, 6.45) is 0. The van der Waals surface area contributed by atoms with Crippen LogP contribution in [0.25, 0.3) is 5.76 Å². The Balaban J connectivity index is 1.84. The number of nitrogens with zero attached hydrogens (tertiary/aromatic N) is 1. The first-order valence-electron chi connectivity index (χ1n) is 11.2. The predicted molar refractivity (Wildman–Crippen MR) is 131 cm³/mol. The van der Waals surface area contributed by atoms with Gasteiger partial charge in [-0.1, -0.05) is 44.2 Å². The van der Waals surface area contributed by atoms with E-state index in [0.717, 1.165) is 5.56 Å². The molecule has 2 N–H and O–H groups in total. The van der Waals surface area contributed by atoms with Gasteiger partial charge in [-0.25, -0.2) is 0 Å². The van der Waals surface area contributed by atoms with E-state index in [9.17, 15) is 19.8 Å². The Hall–Kier alpha value is -4.06. The van der Waals surface area contributed by atoms with Crippen molar-refractivity contribution in [3.8, 4) is 11.5 Å². The maximum absolute atomic E-state index is 13.2. The molecule has 1 unspecified atom stereocenters. The number of phenols is 1. The van der Waals surface area contributed by atoms with Crippen molar-refractivity contribution in [3.05, 3.63) is 95.1 Å². The van der Waals surface area contributed by atoms with Gasteiger partial charge in [-0.15, -0.1) is 0 Å². The summed E-state index contributed by atoms with van der Waals surface area (Å²) < 4.78 is 5.70. The molecule has 6 heteroatoms. The van der Waals surface area contributed by atoms with Crippen molar-refractivity contribution in [1.29, 1.82) is 0 Å². The standard InChI is InChI=1S/C28H27NO5/c1-17(2)16-34-22-13-11-19(12-14-22)26(31)24-25(20-8-6-9-21(30)15-20)29(28(33)27(24)32)23-10-5-4-7-18(23)3/h4-15,17,25,30-31H,16H2,1-3H3/b26-24-. The molecule has 1 aliphatic rings. The molecule has 34 heavy (non-hydrogen) atoms. The number of aliphatic hydroxyl groups excluding tert-OH is 1. The van der Waals surface area contributed by atoms with E-state index in [1.807, 2.05) is 19.1 Å². The smallest absolute Gasteiger partial charge is 0.300 e. The van der Waals surface area contributed by atoms with Crippen molar-refractivity contribution in [2.75, 3.05) is 11.5 Å². The number of carbonyl (C=O) groups excluding carboxylic acids is 2. The van der Waals surface area contributed by atoms with Gasteiger partial charge in [0.05, 0.1) is 18.2 Å². The molecule has 0 aromatic heterocycles. The number of aliphatic hydroxyl groups is 1. The Labute approximate surface area is 198 Å². The zero-order valence-electron chi connectivity index (χ0n) is 19.4. The van der Waals surface area contributed by atoms with Crippen LogP contribution in [0.3, 0.4) is 0 Å². The number of anilines is 1. The third kappa shape index (κ3) is 4.39. The maximum atomic E-state index is 13.2. The molecule has 1 fully saturated rings. The molecule has 174 valence electrons. The van der Waals surface area contributed by atoms with Crippen LogP contribution >= 0.6 is 0 Å². The molecule has 3 aromatic rings. The number of carbonyl (C=O) groups is 2. The average Bonchev–Trinajstić information content (AvgIpc) is 3.08. The zero-order valence-corrected chi connectivity index (χ0v) is 19.4. The highest BCUT2D eigenvalue weighted by Gasteiger charge is 2.47. The van der Waals surface area contributed by atoms with Crippen LogP contribution in [0, 0.1) is 12.8 Å². The molecule has 1 saturated heterocycles. The van der Waals surface area contributed by atoms with Crippen LogP contribution in [0.15, 0.2) is 78.4 Å². The summed E-state index contributed by atoms with van der Waals surface area (Å²) in [5.74, 6) is -0.782. The molecule has 4 rings (SSSR count). The SMILES string of the molecule is Cc1ccccc1N1C(=O)C(=O)/C(=C(\O)c2ccc(OCC(C)C)cc2)C1c1cccc(O)c1. The summed E-state index contributed by atoms with van der Waals surface area (Å²) in [7, 11) is 0. The van der Waals surface area contributed by atoms with Crippen molar-refractivity contribution < 1.29 is 24.5 Å². The second kappa shape index (κ2) is 9.43. The molecule has 3 aromatic carbocycles. The quantitative estimate of drug-likeness (QED) is 0.296. The lowest BCUT2D eigenvalue weighted by molar-refractivity contribution is -0.132. The number of rotatable bonds is 6. The fourth-order valence-corrected chi connectivity index (χ4v) is 4.05. The first kappa shape index (κ1) is 23.1. The fourth-order valence-electron chi connectivity index (χ4n) is 4.05. The highest BCUT2D eigenvalue weighted by Crippen LogP contribution is 2.43. The number of para-hydroxylation sites is 1. The zero-order chi connectivity index (χ0) is 24.4. The Morgan fingerprint density at radius 3 is 2.35 bits per heavy atom. The van der Waals surface area contributed by atoms with Crippen molar-refractivity contribution >= 4 is 23.1 Å². The van der Waals surface area contributed by atoms with E-state index in [0.29, 0.717) is 35.1 Å². The van der Waals surface area contributed by atoms with E-state index in [1.54, 1.807) is 48.5 Å². The summed E-state index contributed by atoms with van der Waals surface area (Å²) in [5.41, 5.74) is 2.25. The van der Waals surface area contributed by atoms with E-state index in [2.05, 4.69) is 13.8 Å². The van der Waals surface area contributed by atoms with Gasteiger partial charge in [-0.2, -0.15) is 0 Å². The minimum absolute atomic E-state index is 0.000439. The van der Waals surface area contributed by atoms with Gasteiger partial charge in [-0.05, 0) is 66.4 Å². The van der Waals surface area contributed by atoms with Crippen LogP contribution in [-0.2, 0) is 9.59 Å². The van der Waals surface area contributed by atoms with E-state index in [4.69, 9.17) is 4.74 Å². The van der Waals surface area contributed by atoms with Crippen LogP contribution < -0.4 is 9.64 Å². The van der Waals surface area contributed by atoms with Gasteiger partial charge in [0.15, 0.2) is 0 Å². The number of benzene rings is 3. The molecule has 1 aliphatic heterocycles. The second-order valence-electron chi connectivity index (χ2n) is 8.78. The second-order valence-corrected chi connectivity index (χ2v) is 8.78. The molecule has 1 atom stereocenters. The molecule has 6 nitrogen and oxygen atoms in total. The molecule has 0 saturated carbocycles. The summed E-state index contributed by atoms with van der Waals surface area (Å²) >= 11 is 0. The molecule has 1 amide bonds. The van der Waals surface area contributed by atoms with Crippen molar-refractivity contribution in [1.82, 2.24) is 0 Å². The number of hydrogen-bond donors (Lipinski definition) is 2. The lowest BCUT2D eigenvalue weighted by atomic mass is 9.94. The van der Waals surface area contributed by atoms with Crippen molar-refractivity contribution in [2.45, 2.75) is 26.8 Å². The first-order valence-corrected chi connectivity index (χ1v) is 11.2. The van der Waals surface area contributed by atoms with Gasteiger partial charge < -0.3 is 14.9 Å². The van der Waals surface area contributed by atoms with Gasteiger partial charge in [0, 0.05) is 11.3 Å². The van der Waals surface area contributed by atoms with Gasteiger partial charge in [0.2, 0.25) is 0 Å². The molecule has 0 aliphatic carbocycles. The van der Waals surface area contributed by atoms with Gasteiger partial charge >= 0.3 is 0 Å². The van der Waals surface area contributed by atoms with Crippen LogP contribution in [0.1, 0.15) is 36.6 Å². The minimum Gasteiger partial charge on any atom is -0.508 e. The number of hydrogen-bond acceptors (Lipinski definition) is 5. The molecule has 0 radical (unpaired) electrons. The van der Waals surface area contributed by atoms with Gasteiger partial charge in [-0.3, -0.25) is 14.5 Å².